The molecule has 0 spiro atoms. The Morgan fingerprint density at radius 1 is 1.03 bits per heavy atom. The summed E-state index contributed by atoms with van der Waals surface area (Å²) in [6, 6.07) is 9.95. The molecule has 0 atom stereocenters. The van der Waals surface area contributed by atoms with Crippen molar-refractivity contribution in [2.75, 3.05) is 20.8 Å². The molecule has 1 aromatic heterocycles. The van der Waals surface area contributed by atoms with Crippen LogP contribution >= 0.6 is 0 Å². The molecule has 0 radical (unpaired) electrons. The highest BCUT2D eigenvalue weighted by Gasteiger charge is 2.31. The van der Waals surface area contributed by atoms with Gasteiger partial charge in [0.2, 0.25) is 0 Å². The maximum absolute atomic E-state index is 13.1. The van der Waals surface area contributed by atoms with E-state index < -0.39 is 23.4 Å². The average Bonchev–Trinajstić information content (AvgIpc) is 3.11. The molecule has 0 aliphatic heterocycles. The first-order chi connectivity index (χ1) is 16.1. The molecule has 0 aliphatic rings. The molecule has 3 aromatic rings. The summed E-state index contributed by atoms with van der Waals surface area (Å²) < 4.78 is 50.9. The Morgan fingerprint density at radius 3 is 2.38 bits per heavy atom. The fourth-order valence-corrected chi connectivity index (χ4v) is 3.59. The van der Waals surface area contributed by atoms with Crippen molar-refractivity contribution >= 4 is 11.7 Å². The third kappa shape index (κ3) is 5.22. The number of nitrogens with one attached hydrogen (secondary N) is 1. The van der Waals surface area contributed by atoms with E-state index in [1.54, 1.807) is 12.1 Å². The van der Waals surface area contributed by atoms with Gasteiger partial charge >= 0.3 is 6.18 Å². The number of carbonyl (C=O) groups excluding carboxylic acids is 2. The first kappa shape index (κ1) is 24.8. The first-order valence-corrected chi connectivity index (χ1v) is 10.3. The standard InChI is InChI=1S/C24H24F3N3O4/c1-14-21(15(2)30(29-14)18-7-5-6-17(13-18)24(25,26)27)22(31)23(32)28-11-10-16-8-9-19(33-3)20(12-16)34-4/h5-9,12-13H,10-11H2,1-4H3,(H,28,32). The minimum absolute atomic E-state index is 0.0565. The molecule has 0 saturated carbocycles. The zero-order chi connectivity index (χ0) is 25.0. The van der Waals surface area contributed by atoms with E-state index in [0.29, 0.717) is 17.9 Å². The lowest BCUT2D eigenvalue weighted by atomic mass is 10.1. The number of rotatable bonds is 8. The molecule has 7 nitrogen and oxygen atoms in total. The highest BCUT2D eigenvalue weighted by atomic mass is 19.4. The number of aryl methyl sites for hydroxylation is 1. The van der Waals surface area contributed by atoms with Gasteiger partial charge in [-0.3, -0.25) is 9.59 Å². The summed E-state index contributed by atoms with van der Waals surface area (Å²) >= 11 is 0. The Morgan fingerprint density at radius 2 is 1.74 bits per heavy atom. The van der Waals surface area contributed by atoms with Crippen molar-refractivity contribution in [2.45, 2.75) is 26.4 Å². The van der Waals surface area contributed by atoms with E-state index in [1.807, 2.05) is 6.07 Å². The van der Waals surface area contributed by atoms with Gasteiger partial charge in [0.1, 0.15) is 0 Å². The van der Waals surface area contributed by atoms with Crippen LogP contribution in [0.3, 0.4) is 0 Å². The second-order valence-electron chi connectivity index (χ2n) is 7.53. The van der Waals surface area contributed by atoms with E-state index in [2.05, 4.69) is 10.4 Å². The molecule has 1 heterocycles. The number of methoxy groups -OCH3 is 2. The number of amides is 1. The van der Waals surface area contributed by atoms with Crippen molar-refractivity contribution in [3.63, 3.8) is 0 Å². The third-order valence-electron chi connectivity index (χ3n) is 5.29. The van der Waals surface area contributed by atoms with Crippen molar-refractivity contribution in [2.24, 2.45) is 0 Å². The molecule has 0 bridgehead atoms. The zero-order valence-corrected chi connectivity index (χ0v) is 19.1. The number of hydrogen-bond acceptors (Lipinski definition) is 5. The highest BCUT2D eigenvalue weighted by molar-refractivity contribution is 6.43. The fourth-order valence-electron chi connectivity index (χ4n) is 3.59. The van der Waals surface area contributed by atoms with Gasteiger partial charge in [-0.15, -0.1) is 0 Å². The summed E-state index contributed by atoms with van der Waals surface area (Å²) in [6.45, 7) is 3.26. The van der Waals surface area contributed by atoms with Gasteiger partial charge in [-0.25, -0.2) is 4.68 Å². The number of benzene rings is 2. The summed E-state index contributed by atoms with van der Waals surface area (Å²) in [6.07, 6.45) is -4.07. The van der Waals surface area contributed by atoms with E-state index in [-0.39, 0.29) is 29.2 Å². The van der Waals surface area contributed by atoms with Crippen molar-refractivity contribution < 1.29 is 32.2 Å². The SMILES string of the molecule is COc1ccc(CCNC(=O)C(=O)c2c(C)nn(-c3cccc(C(F)(F)F)c3)c2C)cc1OC. The van der Waals surface area contributed by atoms with Gasteiger partial charge in [0.15, 0.2) is 11.5 Å². The Hall–Kier alpha value is -3.82. The minimum atomic E-state index is -4.52. The number of halogens is 3. The van der Waals surface area contributed by atoms with E-state index in [0.717, 1.165) is 17.7 Å². The largest absolute Gasteiger partial charge is 0.493 e. The van der Waals surface area contributed by atoms with Gasteiger partial charge in [-0.1, -0.05) is 12.1 Å². The van der Waals surface area contributed by atoms with Crippen molar-refractivity contribution in [3.05, 3.63) is 70.5 Å². The average molecular weight is 475 g/mol. The topological polar surface area (TPSA) is 82.5 Å². The molecular weight excluding hydrogens is 451 g/mol. The van der Waals surface area contributed by atoms with E-state index in [4.69, 9.17) is 9.47 Å². The van der Waals surface area contributed by atoms with Crippen LogP contribution in [0.25, 0.3) is 5.69 Å². The maximum atomic E-state index is 13.1. The monoisotopic (exact) mass is 475 g/mol. The summed E-state index contributed by atoms with van der Waals surface area (Å²) in [5.41, 5.74) is 0.754. The van der Waals surface area contributed by atoms with Gasteiger partial charge in [-0.05, 0) is 56.2 Å². The second-order valence-corrected chi connectivity index (χ2v) is 7.53. The molecule has 0 unspecified atom stereocenters. The summed E-state index contributed by atoms with van der Waals surface area (Å²) in [5.74, 6) is -0.499. The molecule has 10 heteroatoms. The highest BCUT2D eigenvalue weighted by Crippen LogP contribution is 2.31. The smallest absolute Gasteiger partial charge is 0.416 e. The molecule has 34 heavy (non-hydrogen) atoms. The molecular formula is C24H24F3N3O4. The van der Waals surface area contributed by atoms with Crippen LogP contribution in [-0.2, 0) is 17.4 Å². The normalized spacial score (nSPS) is 11.3. The van der Waals surface area contributed by atoms with Gasteiger partial charge in [0.25, 0.3) is 11.7 Å². The van der Waals surface area contributed by atoms with E-state index in [1.165, 1.54) is 44.9 Å². The molecule has 1 amide bonds. The van der Waals surface area contributed by atoms with Gasteiger partial charge < -0.3 is 14.8 Å². The predicted octanol–water partition coefficient (Wildman–Crippen LogP) is 4.07. The molecule has 0 aliphatic carbocycles. The van der Waals surface area contributed by atoms with Crippen LogP contribution in [0.5, 0.6) is 11.5 Å². The number of ketones is 1. The Labute approximate surface area is 194 Å². The number of ether oxygens (including phenoxy) is 2. The van der Waals surface area contributed by atoms with Crippen LogP contribution in [0, 0.1) is 13.8 Å². The number of aromatic nitrogens is 2. The molecule has 0 saturated heterocycles. The lowest BCUT2D eigenvalue weighted by Crippen LogP contribution is -2.33. The van der Waals surface area contributed by atoms with Gasteiger partial charge in [0, 0.05) is 6.54 Å². The third-order valence-corrected chi connectivity index (χ3v) is 5.29. The number of carbonyl (C=O) groups is 2. The van der Waals surface area contributed by atoms with Crippen LogP contribution in [0.2, 0.25) is 0 Å². The zero-order valence-electron chi connectivity index (χ0n) is 19.1. The van der Waals surface area contributed by atoms with E-state index in [9.17, 15) is 22.8 Å². The van der Waals surface area contributed by atoms with Crippen LogP contribution in [0.15, 0.2) is 42.5 Å². The first-order valence-electron chi connectivity index (χ1n) is 10.3. The number of nitrogens with zero attached hydrogens (tertiary/aromatic N) is 2. The Bertz CT molecular complexity index is 1220. The van der Waals surface area contributed by atoms with Crippen molar-refractivity contribution in [1.82, 2.24) is 15.1 Å². The summed E-state index contributed by atoms with van der Waals surface area (Å²) in [7, 11) is 3.05. The number of Topliss-reactive ketones (excluding diaryl/α,β-unsaturated/α-hetero) is 1. The van der Waals surface area contributed by atoms with Crippen LogP contribution in [-0.4, -0.2) is 42.2 Å². The van der Waals surface area contributed by atoms with Crippen molar-refractivity contribution in [3.8, 4) is 17.2 Å². The minimum Gasteiger partial charge on any atom is -0.493 e. The molecule has 3 rings (SSSR count). The fraction of sp³-hybridized carbons (Fsp3) is 0.292. The summed E-state index contributed by atoms with van der Waals surface area (Å²) in [4.78, 5) is 25.3. The Kier molecular flexibility index (Phi) is 7.29. The second kappa shape index (κ2) is 9.98. The maximum Gasteiger partial charge on any atom is 0.416 e. The Balaban J connectivity index is 1.73. The van der Waals surface area contributed by atoms with E-state index >= 15 is 0 Å². The van der Waals surface area contributed by atoms with Gasteiger partial charge in [-0.2, -0.15) is 18.3 Å². The molecule has 1 N–H and O–H groups in total. The molecule has 180 valence electrons. The van der Waals surface area contributed by atoms with Crippen molar-refractivity contribution in [1.29, 1.82) is 0 Å². The predicted molar refractivity (Wildman–Crippen MR) is 119 cm³/mol. The van der Waals surface area contributed by atoms with Crippen LogP contribution in [0.4, 0.5) is 13.2 Å². The summed E-state index contributed by atoms with van der Waals surface area (Å²) in [5, 5.41) is 6.77. The van der Waals surface area contributed by atoms with Crippen LogP contribution < -0.4 is 14.8 Å². The molecule has 0 fully saturated rings. The molecule has 2 aromatic carbocycles. The van der Waals surface area contributed by atoms with Crippen LogP contribution in [0.1, 0.15) is 32.9 Å². The quantitative estimate of drug-likeness (QED) is 0.392. The van der Waals surface area contributed by atoms with Gasteiger partial charge in [0.05, 0.1) is 42.4 Å². The lowest BCUT2D eigenvalue weighted by molar-refractivity contribution is -0.137. The number of alkyl halides is 3. The lowest BCUT2D eigenvalue weighted by Gasteiger charge is -2.10. The number of hydrogen-bond donors (Lipinski definition) is 1.